The predicted octanol–water partition coefficient (Wildman–Crippen LogP) is 5.22. The van der Waals surface area contributed by atoms with Gasteiger partial charge in [-0.05, 0) is 42.5 Å². The Morgan fingerprint density at radius 2 is 1.71 bits per heavy atom. The number of imidazole rings is 1. The smallest absolute Gasteiger partial charge is 0.226 e. The summed E-state index contributed by atoms with van der Waals surface area (Å²) in [5, 5.41) is 0. The van der Waals surface area contributed by atoms with Gasteiger partial charge in [-0.2, -0.15) is 0 Å². The van der Waals surface area contributed by atoms with Gasteiger partial charge in [0.2, 0.25) is 5.91 Å². The number of benzene rings is 2. The van der Waals surface area contributed by atoms with Crippen LogP contribution in [0.1, 0.15) is 43.5 Å². The number of hydrogen-bond acceptors (Lipinski definition) is 2. The van der Waals surface area contributed by atoms with Crippen LogP contribution in [0.15, 0.2) is 61.1 Å². The minimum Gasteiger partial charge on any atom is -0.338 e. The molecule has 0 spiro atoms. The summed E-state index contributed by atoms with van der Waals surface area (Å²) >= 11 is 0. The number of aromatic nitrogens is 2. The Bertz CT molecular complexity index is 967. The third-order valence-electron chi connectivity index (χ3n) is 5.45. The third kappa shape index (κ3) is 6.00. The first-order valence-electron chi connectivity index (χ1n) is 10.8. The Hall–Kier alpha value is -3.02. The molecule has 6 heteroatoms. The SMILES string of the molecule is CC.O=C1[C@@H](CCc2cncn2Cc2ccccc2)CCN1Cc1cc(F)cc(F)c1. The quantitative estimate of drug-likeness (QED) is 0.521. The zero-order chi connectivity index (χ0) is 22.2. The molecule has 1 atom stereocenters. The molecule has 0 radical (unpaired) electrons. The van der Waals surface area contributed by atoms with Gasteiger partial charge in [0.05, 0.1) is 6.33 Å². The maximum Gasteiger partial charge on any atom is 0.226 e. The summed E-state index contributed by atoms with van der Waals surface area (Å²) in [4.78, 5) is 18.7. The van der Waals surface area contributed by atoms with Gasteiger partial charge in [-0.25, -0.2) is 13.8 Å². The van der Waals surface area contributed by atoms with E-state index in [1.165, 1.54) is 17.7 Å². The van der Waals surface area contributed by atoms with Crippen LogP contribution in [0.25, 0.3) is 0 Å². The monoisotopic (exact) mass is 425 g/mol. The van der Waals surface area contributed by atoms with Gasteiger partial charge in [0.15, 0.2) is 0 Å². The number of halogens is 2. The van der Waals surface area contributed by atoms with Gasteiger partial charge < -0.3 is 9.47 Å². The maximum absolute atomic E-state index is 13.4. The van der Waals surface area contributed by atoms with Crippen molar-refractivity contribution in [1.29, 1.82) is 0 Å². The molecule has 0 bridgehead atoms. The van der Waals surface area contributed by atoms with Crippen molar-refractivity contribution in [3.05, 3.63) is 89.5 Å². The zero-order valence-corrected chi connectivity index (χ0v) is 18.1. The Morgan fingerprint density at radius 3 is 2.42 bits per heavy atom. The van der Waals surface area contributed by atoms with E-state index in [9.17, 15) is 13.6 Å². The first kappa shape index (κ1) is 22.7. The van der Waals surface area contributed by atoms with Gasteiger partial charge in [-0.3, -0.25) is 4.79 Å². The number of hydrogen-bond donors (Lipinski definition) is 0. The van der Waals surface area contributed by atoms with Crippen molar-refractivity contribution in [3.8, 4) is 0 Å². The number of aryl methyl sites for hydroxylation is 1. The fourth-order valence-electron chi connectivity index (χ4n) is 3.95. The highest BCUT2D eigenvalue weighted by molar-refractivity contribution is 5.80. The first-order chi connectivity index (χ1) is 15.1. The predicted molar refractivity (Wildman–Crippen MR) is 117 cm³/mol. The van der Waals surface area contributed by atoms with Crippen molar-refractivity contribution in [1.82, 2.24) is 14.5 Å². The van der Waals surface area contributed by atoms with Crippen molar-refractivity contribution in [2.24, 2.45) is 5.92 Å². The summed E-state index contributed by atoms with van der Waals surface area (Å²) in [6, 6.07) is 13.6. The summed E-state index contributed by atoms with van der Waals surface area (Å²) in [7, 11) is 0. The normalized spacial score (nSPS) is 15.7. The highest BCUT2D eigenvalue weighted by Crippen LogP contribution is 2.25. The van der Waals surface area contributed by atoms with Crippen LogP contribution in [0, 0.1) is 17.6 Å². The number of amides is 1. The molecule has 1 amide bonds. The molecular weight excluding hydrogens is 396 g/mol. The minimum absolute atomic E-state index is 0.0591. The molecule has 0 N–H and O–H groups in total. The van der Waals surface area contributed by atoms with E-state index in [2.05, 4.69) is 21.7 Å². The van der Waals surface area contributed by atoms with Crippen LogP contribution >= 0.6 is 0 Å². The van der Waals surface area contributed by atoms with Gasteiger partial charge in [0.25, 0.3) is 0 Å². The zero-order valence-electron chi connectivity index (χ0n) is 18.1. The number of rotatable bonds is 7. The topological polar surface area (TPSA) is 38.1 Å². The van der Waals surface area contributed by atoms with E-state index in [-0.39, 0.29) is 18.4 Å². The molecule has 1 fully saturated rings. The fraction of sp³-hybridized carbons (Fsp3) is 0.360. The minimum atomic E-state index is -0.616. The van der Waals surface area contributed by atoms with Gasteiger partial charge in [-0.1, -0.05) is 44.2 Å². The van der Waals surface area contributed by atoms with Gasteiger partial charge in [0, 0.05) is 43.5 Å². The van der Waals surface area contributed by atoms with Crippen molar-refractivity contribution < 1.29 is 13.6 Å². The molecular formula is C25H29F2N3O. The van der Waals surface area contributed by atoms with E-state index < -0.39 is 11.6 Å². The van der Waals surface area contributed by atoms with Crippen LogP contribution < -0.4 is 0 Å². The average Bonchev–Trinajstić information content (AvgIpc) is 3.34. The van der Waals surface area contributed by atoms with Crippen molar-refractivity contribution >= 4 is 5.91 Å². The van der Waals surface area contributed by atoms with Crippen molar-refractivity contribution in [2.75, 3.05) is 6.54 Å². The molecule has 0 aliphatic carbocycles. The summed E-state index contributed by atoms with van der Waals surface area (Å²) in [6.07, 6.45) is 5.96. The van der Waals surface area contributed by atoms with Crippen LogP contribution in [0.5, 0.6) is 0 Å². The Kier molecular flexibility index (Phi) is 7.93. The van der Waals surface area contributed by atoms with Crippen LogP contribution in [0.4, 0.5) is 8.78 Å². The highest BCUT2D eigenvalue weighted by atomic mass is 19.1. The second-order valence-corrected chi connectivity index (χ2v) is 7.56. The highest BCUT2D eigenvalue weighted by Gasteiger charge is 2.31. The van der Waals surface area contributed by atoms with Crippen LogP contribution in [0.3, 0.4) is 0 Å². The van der Waals surface area contributed by atoms with E-state index in [1.54, 1.807) is 4.90 Å². The molecule has 1 aliphatic rings. The lowest BCUT2D eigenvalue weighted by atomic mass is 10.0. The Labute approximate surface area is 182 Å². The molecule has 31 heavy (non-hydrogen) atoms. The molecule has 164 valence electrons. The lowest BCUT2D eigenvalue weighted by Crippen LogP contribution is -2.27. The molecule has 2 heterocycles. The Balaban J connectivity index is 0.00000132. The second-order valence-electron chi connectivity index (χ2n) is 7.56. The van der Waals surface area contributed by atoms with Gasteiger partial charge in [-0.15, -0.1) is 0 Å². The maximum atomic E-state index is 13.4. The number of nitrogens with zero attached hydrogens (tertiary/aromatic N) is 3. The summed E-state index contributed by atoms with van der Waals surface area (Å²) in [5.74, 6) is -1.23. The van der Waals surface area contributed by atoms with Gasteiger partial charge >= 0.3 is 0 Å². The first-order valence-corrected chi connectivity index (χ1v) is 10.8. The molecule has 2 aromatic carbocycles. The van der Waals surface area contributed by atoms with Crippen LogP contribution in [-0.2, 0) is 24.3 Å². The largest absolute Gasteiger partial charge is 0.338 e. The summed E-state index contributed by atoms with van der Waals surface area (Å²) in [5.41, 5.74) is 2.79. The molecule has 0 saturated carbocycles. The molecule has 0 unspecified atom stereocenters. The van der Waals surface area contributed by atoms with E-state index in [1.807, 2.05) is 44.6 Å². The lowest BCUT2D eigenvalue weighted by Gasteiger charge is -2.17. The standard InChI is InChI=1S/C23H23F2N3O.C2H6/c24-20-10-18(11-21(25)12-20)15-27-9-8-19(23(27)29)6-7-22-13-26-16-28(22)14-17-4-2-1-3-5-17;1-2/h1-5,10-13,16,19H,6-9,14-15H2;1-2H3/t19-;/m0./s1. The fourth-order valence-corrected chi connectivity index (χ4v) is 3.95. The number of carbonyl (C=O) groups is 1. The average molecular weight is 426 g/mol. The third-order valence-corrected chi connectivity index (χ3v) is 5.45. The molecule has 4 rings (SSSR count). The summed E-state index contributed by atoms with van der Waals surface area (Å²) < 4.78 is 28.9. The lowest BCUT2D eigenvalue weighted by molar-refractivity contribution is -0.131. The van der Waals surface area contributed by atoms with E-state index in [0.29, 0.717) is 12.1 Å². The Morgan fingerprint density at radius 1 is 1.00 bits per heavy atom. The molecule has 1 saturated heterocycles. The van der Waals surface area contributed by atoms with Crippen molar-refractivity contribution in [2.45, 2.75) is 46.2 Å². The van der Waals surface area contributed by atoms with Gasteiger partial charge in [0.1, 0.15) is 11.6 Å². The molecule has 1 aromatic heterocycles. The number of carbonyl (C=O) groups excluding carboxylic acids is 1. The second kappa shape index (κ2) is 10.8. The molecule has 4 nitrogen and oxygen atoms in total. The van der Waals surface area contributed by atoms with Crippen LogP contribution in [0.2, 0.25) is 0 Å². The van der Waals surface area contributed by atoms with E-state index in [4.69, 9.17) is 0 Å². The van der Waals surface area contributed by atoms with Crippen LogP contribution in [-0.4, -0.2) is 26.9 Å². The molecule has 1 aliphatic heterocycles. The van der Waals surface area contributed by atoms with E-state index >= 15 is 0 Å². The van der Waals surface area contributed by atoms with E-state index in [0.717, 1.165) is 37.6 Å². The molecule has 3 aromatic rings. The van der Waals surface area contributed by atoms with Crippen molar-refractivity contribution in [3.63, 3.8) is 0 Å². The summed E-state index contributed by atoms with van der Waals surface area (Å²) in [6.45, 7) is 5.62. The number of likely N-dealkylation sites (tertiary alicyclic amines) is 1.